The van der Waals surface area contributed by atoms with Crippen LogP contribution in [0.2, 0.25) is 0 Å². The Morgan fingerprint density at radius 3 is 2.36 bits per heavy atom. The summed E-state index contributed by atoms with van der Waals surface area (Å²) in [5.41, 5.74) is 2.15. The van der Waals surface area contributed by atoms with Crippen LogP contribution in [0.3, 0.4) is 0 Å². The fourth-order valence-electron chi connectivity index (χ4n) is 2.17. The Balaban J connectivity index is 1.93. The molecule has 9 heteroatoms. The number of hydrogen-bond donors (Lipinski definition) is 1. The molecular formula is C16H14F3N5O. The van der Waals surface area contributed by atoms with Crippen LogP contribution >= 0.6 is 0 Å². The molecule has 0 atom stereocenters. The predicted molar refractivity (Wildman–Crippen MR) is 85.6 cm³/mol. The van der Waals surface area contributed by atoms with Crippen LogP contribution in [-0.4, -0.2) is 33.2 Å². The monoisotopic (exact) mass is 349 g/mol. The lowest BCUT2D eigenvalue weighted by Gasteiger charge is -2.09. The fourth-order valence-corrected chi connectivity index (χ4v) is 2.17. The van der Waals surface area contributed by atoms with Gasteiger partial charge in [0.25, 0.3) is 0 Å². The van der Waals surface area contributed by atoms with E-state index in [1.54, 1.807) is 13.2 Å². The normalized spacial score (nSPS) is 11.4. The number of hydrogen-bond acceptors (Lipinski definition) is 5. The number of aromatic nitrogens is 4. The molecule has 0 saturated heterocycles. The Kier molecular flexibility index (Phi) is 4.30. The van der Waals surface area contributed by atoms with Gasteiger partial charge in [0.1, 0.15) is 5.75 Å². The van der Waals surface area contributed by atoms with Crippen LogP contribution in [0, 0.1) is 6.92 Å². The summed E-state index contributed by atoms with van der Waals surface area (Å²) in [6, 6.07) is 9.07. The van der Waals surface area contributed by atoms with Crippen molar-refractivity contribution in [1.29, 1.82) is 0 Å². The van der Waals surface area contributed by atoms with Gasteiger partial charge in [-0.1, -0.05) is 0 Å². The number of ether oxygens (including phenoxy) is 1. The Labute approximate surface area is 141 Å². The number of anilines is 1. The van der Waals surface area contributed by atoms with E-state index >= 15 is 0 Å². The zero-order valence-electron chi connectivity index (χ0n) is 13.4. The maximum absolute atomic E-state index is 12.2. The fraction of sp³-hybridized carbons (Fsp3) is 0.188. The first-order chi connectivity index (χ1) is 11.9. The molecule has 1 N–H and O–H groups in total. The minimum absolute atomic E-state index is 0.301. The SMILES string of the molecule is CNc1nc(-c2ccc(C)nc2)nn1-c1ccc(OC(F)(F)F)cc1. The molecule has 0 aliphatic heterocycles. The van der Waals surface area contributed by atoms with Gasteiger partial charge in [-0.05, 0) is 43.3 Å². The van der Waals surface area contributed by atoms with Crippen LogP contribution < -0.4 is 10.1 Å². The Hall–Kier alpha value is -3.10. The molecule has 0 aliphatic rings. The second-order valence-electron chi connectivity index (χ2n) is 5.15. The Morgan fingerprint density at radius 1 is 1.08 bits per heavy atom. The van der Waals surface area contributed by atoms with E-state index in [9.17, 15) is 13.2 Å². The van der Waals surface area contributed by atoms with Gasteiger partial charge in [-0.25, -0.2) is 0 Å². The molecule has 3 rings (SSSR count). The lowest BCUT2D eigenvalue weighted by molar-refractivity contribution is -0.274. The maximum atomic E-state index is 12.2. The van der Waals surface area contributed by atoms with Gasteiger partial charge in [0, 0.05) is 24.5 Å². The van der Waals surface area contributed by atoms with E-state index in [4.69, 9.17) is 0 Å². The largest absolute Gasteiger partial charge is 0.573 e. The predicted octanol–water partition coefficient (Wildman–Crippen LogP) is 3.58. The number of rotatable bonds is 4. The first kappa shape index (κ1) is 16.7. The van der Waals surface area contributed by atoms with E-state index in [0.717, 1.165) is 11.3 Å². The van der Waals surface area contributed by atoms with Crippen molar-refractivity contribution in [2.45, 2.75) is 13.3 Å². The quantitative estimate of drug-likeness (QED) is 0.780. The zero-order valence-corrected chi connectivity index (χ0v) is 13.4. The van der Waals surface area contributed by atoms with Gasteiger partial charge in [-0.3, -0.25) is 4.98 Å². The summed E-state index contributed by atoms with van der Waals surface area (Å²) in [5.74, 6) is 0.595. The smallest absolute Gasteiger partial charge is 0.406 e. The number of benzene rings is 1. The van der Waals surface area contributed by atoms with Gasteiger partial charge < -0.3 is 10.1 Å². The minimum Gasteiger partial charge on any atom is -0.406 e. The Bertz CT molecular complexity index is 857. The standard InChI is InChI=1S/C16H14F3N5O/c1-10-3-4-11(9-21-10)14-22-15(20-2)24(23-14)12-5-7-13(8-6-12)25-16(17,18)19/h3-9H,1-2H3,(H,20,22,23). The molecule has 0 saturated carbocycles. The molecule has 0 aliphatic carbocycles. The molecule has 2 aromatic heterocycles. The molecular weight excluding hydrogens is 335 g/mol. The summed E-state index contributed by atoms with van der Waals surface area (Å²) in [6.45, 7) is 1.87. The third kappa shape index (κ3) is 3.87. The summed E-state index contributed by atoms with van der Waals surface area (Å²) in [5, 5.41) is 7.30. The van der Waals surface area contributed by atoms with Gasteiger partial charge in [0.05, 0.1) is 5.69 Å². The minimum atomic E-state index is -4.73. The highest BCUT2D eigenvalue weighted by Crippen LogP contribution is 2.25. The lowest BCUT2D eigenvalue weighted by Crippen LogP contribution is -2.17. The summed E-state index contributed by atoms with van der Waals surface area (Å²) in [4.78, 5) is 8.58. The topological polar surface area (TPSA) is 64.9 Å². The second kappa shape index (κ2) is 6.42. The van der Waals surface area contributed by atoms with Crippen molar-refractivity contribution >= 4 is 5.95 Å². The molecule has 0 fully saturated rings. The number of pyridine rings is 1. The number of nitrogens with zero attached hydrogens (tertiary/aromatic N) is 4. The highest BCUT2D eigenvalue weighted by molar-refractivity contribution is 5.56. The molecule has 0 amide bonds. The lowest BCUT2D eigenvalue weighted by atomic mass is 10.2. The molecule has 1 aromatic carbocycles. The van der Waals surface area contributed by atoms with Crippen LogP contribution in [-0.2, 0) is 0 Å². The third-order valence-corrected chi connectivity index (χ3v) is 3.32. The zero-order chi connectivity index (χ0) is 18.0. The average molecular weight is 349 g/mol. The van der Waals surface area contributed by atoms with Crippen molar-refractivity contribution in [3.05, 3.63) is 48.3 Å². The summed E-state index contributed by atoms with van der Waals surface area (Å²) < 4.78 is 42.1. The highest BCUT2D eigenvalue weighted by Gasteiger charge is 2.31. The van der Waals surface area contributed by atoms with Crippen molar-refractivity contribution in [1.82, 2.24) is 19.7 Å². The van der Waals surface area contributed by atoms with Gasteiger partial charge >= 0.3 is 6.36 Å². The molecule has 6 nitrogen and oxygen atoms in total. The number of alkyl halides is 3. The van der Waals surface area contributed by atoms with Crippen LogP contribution in [0.1, 0.15) is 5.69 Å². The molecule has 130 valence electrons. The molecule has 0 radical (unpaired) electrons. The van der Waals surface area contributed by atoms with Crippen molar-refractivity contribution < 1.29 is 17.9 Å². The Morgan fingerprint density at radius 2 is 1.80 bits per heavy atom. The van der Waals surface area contributed by atoms with Crippen LogP contribution in [0.5, 0.6) is 5.75 Å². The maximum Gasteiger partial charge on any atom is 0.573 e. The molecule has 0 unspecified atom stereocenters. The molecule has 0 spiro atoms. The summed E-state index contributed by atoms with van der Waals surface area (Å²) in [7, 11) is 1.68. The van der Waals surface area contributed by atoms with Crippen molar-refractivity contribution in [2.24, 2.45) is 0 Å². The van der Waals surface area contributed by atoms with Gasteiger partial charge in [0.2, 0.25) is 5.95 Å². The van der Waals surface area contributed by atoms with E-state index < -0.39 is 6.36 Å². The molecule has 25 heavy (non-hydrogen) atoms. The van der Waals surface area contributed by atoms with Crippen molar-refractivity contribution in [3.8, 4) is 22.8 Å². The van der Waals surface area contributed by atoms with Gasteiger partial charge in [-0.15, -0.1) is 18.3 Å². The second-order valence-corrected chi connectivity index (χ2v) is 5.15. The van der Waals surface area contributed by atoms with Gasteiger partial charge in [0.15, 0.2) is 5.82 Å². The van der Waals surface area contributed by atoms with Crippen LogP contribution in [0.4, 0.5) is 19.1 Å². The first-order valence-corrected chi connectivity index (χ1v) is 7.30. The molecule has 3 aromatic rings. The van der Waals surface area contributed by atoms with E-state index in [0.29, 0.717) is 17.5 Å². The highest BCUT2D eigenvalue weighted by atomic mass is 19.4. The van der Waals surface area contributed by atoms with Gasteiger partial charge in [-0.2, -0.15) is 9.67 Å². The van der Waals surface area contributed by atoms with Crippen molar-refractivity contribution in [2.75, 3.05) is 12.4 Å². The van der Waals surface area contributed by atoms with E-state index in [1.165, 1.54) is 28.9 Å². The van der Waals surface area contributed by atoms with Crippen LogP contribution in [0.15, 0.2) is 42.6 Å². The van der Waals surface area contributed by atoms with Crippen molar-refractivity contribution in [3.63, 3.8) is 0 Å². The first-order valence-electron chi connectivity index (χ1n) is 7.30. The summed E-state index contributed by atoms with van der Waals surface area (Å²) >= 11 is 0. The number of halogens is 3. The average Bonchev–Trinajstić information content (AvgIpc) is 2.99. The van der Waals surface area contributed by atoms with E-state index in [-0.39, 0.29) is 5.75 Å². The molecule has 2 heterocycles. The van der Waals surface area contributed by atoms with Crippen LogP contribution in [0.25, 0.3) is 17.1 Å². The third-order valence-electron chi connectivity index (χ3n) is 3.32. The van der Waals surface area contributed by atoms with E-state index in [2.05, 4.69) is 25.1 Å². The number of nitrogens with one attached hydrogen (secondary N) is 1. The molecule has 0 bridgehead atoms. The number of aryl methyl sites for hydroxylation is 1. The van der Waals surface area contributed by atoms with E-state index in [1.807, 2.05) is 19.1 Å². The summed E-state index contributed by atoms with van der Waals surface area (Å²) in [6.07, 6.45) is -3.06.